The van der Waals surface area contributed by atoms with Gasteiger partial charge < -0.3 is 9.88 Å². The lowest BCUT2D eigenvalue weighted by molar-refractivity contribution is -0.141. The molecule has 146 valence electrons. The normalized spacial score (nSPS) is 20.8. The largest absolute Gasteiger partial charge is 0.339 e. The summed E-state index contributed by atoms with van der Waals surface area (Å²) in [5, 5.41) is 8.80. The zero-order chi connectivity index (χ0) is 19.4. The van der Waals surface area contributed by atoms with E-state index in [4.69, 9.17) is 5.21 Å². The molecule has 1 aliphatic rings. The number of halogens is 1. The molecule has 0 aliphatic carbocycles. The highest BCUT2D eigenvalue weighted by Gasteiger charge is 2.40. The fourth-order valence-corrected chi connectivity index (χ4v) is 3.59. The third-order valence-electron chi connectivity index (χ3n) is 4.96. The molecule has 2 aromatic rings. The van der Waals surface area contributed by atoms with Crippen molar-refractivity contribution in [3.63, 3.8) is 0 Å². The molecule has 0 bridgehead atoms. The lowest BCUT2D eigenvalue weighted by Crippen LogP contribution is -2.38. The number of amides is 2. The number of rotatable bonds is 7. The summed E-state index contributed by atoms with van der Waals surface area (Å²) in [6.07, 6.45) is 4.28. The van der Waals surface area contributed by atoms with E-state index in [1.165, 1.54) is 4.90 Å². The van der Waals surface area contributed by atoms with Crippen LogP contribution in [0, 0.1) is 5.92 Å². The van der Waals surface area contributed by atoms with Crippen LogP contribution in [0.3, 0.4) is 0 Å². The summed E-state index contributed by atoms with van der Waals surface area (Å²) in [7, 11) is 0. The van der Waals surface area contributed by atoms with E-state index in [2.05, 4.69) is 15.0 Å². The van der Waals surface area contributed by atoms with Crippen molar-refractivity contribution in [2.75, 3.05) is 6.54 Å². The van der Waals surface area contributed by atoms with E-state index >= 15 is 0 Å². The number of aromatic nitrogens is 3. The third kappa shape index (κ3) is 4.24. The molecule has 3 atom stereocenters. The SMILES string of the molecule is CCCC[C@H](CC(=O)NO)C(=O)N1C[C@H](F)C[C@H]1c1nc2ccncc2[nH]1. The molecule has 0 spiro atoms. The van der Waals surface area contributed by atoms with Crippen LogP contribution >= 0.6 is 0 Å². The van der Waals surface area contributed by atoms with Gasteiger partial charge in [0.15, 0.2) is 0 Å². The van der Waals surface area contributed by atoms with Gasteiger partial charge in [-0.2, -0.15) is 0 Å². The molecular weight excluding hydrogens is 353 g/mol. The number of fused-ring (bicyclic) bond motifs is 1. The topological polar surface area (TPSA) is 111 Å². The molecule has 3 rings (SSSR count). The lowest BCUT2D eigenvalue weighted by atomic mass is 9.96. The number of likely N-dealkylation sites (tertiary alicyclic amines) is 1. The summed E-state index contributed by atoms with van der Waals surface area (Å²) in [4.78, 5) is 37.8. The van der Waals surface area contributed by atoms with E-state index in [0.29, 0.717) is 17.8 Å². The smallest absolute Gasteiger partial charge is 0.244 e. The first-order chi connectivity index (χ1) is 13.0. The standard InChI is InChI=1S/C18H24FN5O3/c1-2-3-4-11(7-16(25)23-27)18(26)24-10-12(19)8-15(24)17-21-13-5-6-20-9-14(13)22-17/h5-6,9,11-12,15,27H,2-4,7-8,10H2,1H3,(H,21,22)(H,23,25)/t11-,12-,15+/m1/s1. The van der Waals surface area contributed by atoms with Crippen molar-refractivity contribution < 1.29 is 19.2 Å². The van der Waals surface area contributed by atoms with Crippen LogP contribution < -0.4 is 5.48 Å². The minimum Gasteiger partial charge on any atom is -0.339 e. The van der Waals surface area contributed by atoms with Gasteiger partial charge in [-0.1, -0.05) is 19.8 Å². The Balaban J connectivity index is 1.84. The Labute approximate surface area is 156 Å². The van der Waals surface area contributed by atoms with E-state index < -0.39 is 24.0 Å². The molecule has 3 heterocycles. The second kappa shape index (κ2) is 8.43. The van der Waals surface area contributed by atoms with Gasteiger partial charge in [-0.05, 0) is 12.5 Å². The average Bonchev–Trinajstić information content (AvgIpc) is 3.27. The van der Waals surface area contributed by atoms with E-state index in [1.807, 2.05) is 6.92 Å². The second-order valence-corrected chi connectivity index (χ2v) is 6.93. The molecule has 0 saturated carbocycles. The van der Waals surface area contributed by atoms with Crippen molar-refractivity contribution >= 4 is 22.8 Å². The number of hydrogen-bond acceptors (Lipinski definition) is 5. The van der Waals surface area contributed by atoms with Crippen molar-refractivity contribution in [3.8, 4) is 0 Å². The summed E-state index contributed by atoms with van der Waals surface area (Å²) in [5.74, 6) is -0.981. The molecular formula is C18H24FN5O3. The van der Waals surface area contributed by atoms with Crippen LogP contribution in [0.1, 0.15) is 50.9 Å². The number of carbonyl (C=O) groups is 2. The zero-order valence-electron chi connectivity index (χ0n) is 15.2. The molecule has 1 aliphatic heterocycles. The van der Waals surface area contributed by atoms with Crippen LogP contribution in [-0.2, 0) is 9.59 Å². The first-order valence-electron chi connectivity index (χ1n) is 9.20. The molecule has 9 heteroatoms. The van der Waals surface area contributed by atoms with Crippen LogP contribution in [0.25, 0.3) is 11.0 Å². The molecule has 0 radical (unpaired) electrons. The summed E-state index contributed by atoms with van der Waals surface area (Å²) >= 11 is 0. The molecule has 27 heavy (non-hydrogen) atoms. The molecule has 2 aromatic heterocycles. The second-order valence-electron chi connectivity index (χ2n) is 6.93. The first-order valence-corrected chi connectivity index (χ1v) is 9.20. The van der Waals surface area contributed by atoms with Gasteiger partial charge in [0.2, 0.25) is 11.8 Å². The fourth-order valence-electron chi connectivity index (χ4n) is 3.59. The molecule has 1 saturated heterocycles. The van der Waals surface area contributed by atoms with Crippen LogP contribution in [0.2, 0.25) is 0 Å². The summed E-state index contributed by atoms with van der Waals surface area (Å²) < 4.78 is 14.2. The summed E-state index contributed by atoms with van der Waals surface area (Å²) in [6.45, 7) is 1.97. The number of alkyl halides is 1. The highest BCUT2D eigenvalue weighted by atomic mass is 19.1. The van der Waals surface area contributed by atoms with Crippen molar-refractivity contribution in [3.05, 3.63) is 24.3 Å². The Morgan fingerprint density at radius 3 is 3.04 bits per heavy atom. The van der Waals surface area contributed by atoms with Crippen molar-refractivity contribution in [2.45, 2.75) is 51.2 Å². The lowest BCUT2D eigenvalue weighted by Gasteiger charge is -2.27. The predicted octanol–water partition coefficient (Wildman–Crippen LogP) is 2.27. The highest BCUT2D eigenvalue weighted by molar-refractivity contribution is 5.86. The fraction of sp³-hybridized carbons (Fsp3) is 0.556. The van der Waals surface area contributed by atoms with Crippen LogP contribution in [0.5, 0.6) is 0 Å². The monoisotopic (exact) mass is 377 g/mol. The van der Waals surface area contributed by atoms with Crippen LogP contribution in [0.4, 0.5) is 4.39 Å². The van der Waals surface area contributed by atoms with Gasteiger partial charge in [-0.25, -0.2) is 14.9 Å². The number of hydrogen-bond donors (Lipinski definition) is 3. The molecule has 3 N–H and O–H groups in total. The van der Waals surface area contributed by atoms with Gasteiger partial charge in [0, 0.05) is 25.0 Å². The Kier molecular flexibility index (Phi) is 6.00. The van der Waals surface area contributed by atoms with E-state index in [0.717, 1.165) is 18.4 Å². The number of aromatic amines is 1. The van der Waals surface area contributed by atoms with Crippen molar-refractivity contribution in [2.24, 2.45) is 5.92 Å². The summed E-state index contributed by atoms with van der Waals surface area (Å²) in [6, 6.07) is 1.24. The average molecular weight is 377 g/mol. The number of H-pyrrole nitrogens is 1. The minimum absolute atomic E-state index is 0.0256. The molecule has 0 unspecified atom stereocenters. The number of pyridine rings is 1. The molecule has 2 amide bonds. The first kappa shape index (κ1) is 19.2. The maximum absolute atomic E-state index is 14.2. The van der Waals surface area contributed by atoms with Gasteiger partial charge in [-0.15, -0.1) is 0 Å². The van der Waals surface area contributed by atoms with Gasteiger partial charge in [0.25, 0.3) is 0 Å². The number of hydroxylamine groups is 1. The Bertz CT molecular complexity index is 778. The molecule has 0 aromatic carbocycles. The van der Waals surface area contributed by atoms with E-state index in [1.54, 1.807) is 23.9 Å². The number of unbranched alkanes of at least 4 members (excludes halogenated alkanes) is 1. The van der Waals surface area contributed by atoms with Crippen LogP contribution in [0.15, 0.2) is 18.5 Å². The Morgan fingerprint density at radius 1 is 1.52 bits per heavy atom. The van der Waals surface area contributed by atoms with Crippen LogP contribution in [-0.4, -0.2) is 49.6 Å². The zero-order valence-corrected chi connectivity index (χ0v) is 15.2. The third-order valence-corrected chi connectivity index (χ3v) is 4.96. The number of imidazole rings is 1. The van der Waals surface area contributed by atoms with Gasteiger partial charge in [0.1, 0.15) is 12.0 Å². The minimum atomic E-state index is -1.15. The van der Waals surface area contributed by atoms with E-state index in [-0.39, 0.29) is 25.3 Å². The molecule has 8 nitrogen and oxygen atoms in total. The van der Waals surface area contributed by atoms with Crippen molar-refractivity contribution in [1.82, 2.24) is 25.3 Å². The predicted molar refractivity (Wildman–Crippen MR) is 95.4 cm³/mol. The maximum atomic E-state index is 14.2. The van der Waals surface area contributed by atoms with E-state index in [9.17, 15) is 14.0 Å². The highest BCUT2D eigenvalue weighted by Crippen LogP contribution is 2.35. The van der Waals surface area contributed by atoms with Gasteiger partial charge in [0.05, 0.1) is 29.8 Å². The number of carbonyl (C=O) groups excluding carboxylic acids is 2. The maximum Gasteiger partial charge on any atom is 0.244 e. The Morgan fingerprint density at radius 2 is 2.33 bits per heavy atom. The quantitative estimate of drug-likeness (QED) is 0.506. The van der Waals surface area contributed by atoms with Gasteiger partial charge in [-0.3, -0.25) is 19.8 Å². The van der Waals surface area contributed by atoms with Gasteiger partial charge >= 0.3 is 0 Å². The Hall–Kier alpha value is -2.55. The van der Waals surface area contributed by atoms with Crippen molar-refractivity contribution in [1.29, 1.82) is 0 Å². The molecule has 1 fully saturated rings. The number of nitrogens with one attached hydrogen (secondary N) is 2. The summed E-state index contributed by atoms with van der Waals surface area (Å²) in [5.41, 5.74) is 3.01. The number of nitrogens with zero attached hydrogens (tertiary/aromatic N) is 3.